The molecule has 0 aliphatic rings. The first-order valence-corrected chi connectivity index (χ1v) is 5.60. The molecule has 1 aromatic heterocycles. The van der Waals surface area contributed by atoms with Gasteiger partial charge in [-0.2, -0.15) is 13.2 Å². The highest BCUT2D eigenvalue weighted by Crippen LogP contribution is 2.35. The summed E-state index contributed by atoms with van der Waals surface area (Å²) in [4.78, 5) is 15.8. The fourth-order valence-corrected chi connectivity index (χ4v) is 1.82. The molecule has 98 valence electrons. The van der Waals surface area contributed by atoms with Crippen LogP contribution in [0.3, 0.4) is 0 Å². The van der Waals surface area contributed by atoms with E-state index in [-0.39, 0.29) is 11.3 Å². The molecule has 2 nitrogen and oxygen atoms in total. The van der Waals surface area contributed by atoms with Crippen molar-refractivity contribution in [3.8, 4) is 0 Å². The molecule has 1 aromatic carbocycles. The summed E-state index contributed by atoms with van der Waals surface area (Å²) < 4.78 is 37.6. The number of benzene rings is 1. The Bertz CT molecular complexity index is 611. The van der Waals surface area contributed by atoms with E-state index in [4.69, 9.17) is 11.6 Å². The maximum atomic E-state index is 12.5. The lowest BCUT2D eigenvalue weighted by Crippen LogP contribution is -2.08. The minimum Gasteiger partial charge on any atom is -0.287 e. The van der Waals surface area contributed by atoms with Crippen LogP contribution >= 0.6 is 11.6 Å². The van der Waals surface area contributed by atoms with Crippen LogP contribution in [-0.2, 0) is 6.18 Å². The highest BCUT2D eigenvalue weighted by molar-refractivity contribution is 6.32. The summed E-state index contributed by atoms with van der Waals surface area (Å²) in [5.41, 5.74) is -0.748. The minimum absolute atomic E-state index is 0.0664. The molecule has 0 aliphatic carbocycles. The van der Waals surface area contributed by atoms with E-state index in [9.17, 15) is 18.0 Å². The molecule has 6 heteroatoms. The van der Waals surface area contributed by atoms with E-state index in [1.807, 2.05) is 0 Å². The Balaban J connectivity index is 2.38. The van der Waals surface area contributed by atoms with Crippen molar-refractivity contribution in [1.29, 1.82) is 0 Å². The number of aromatic nitrogens is 1. The fourth-order valence-electron chi connectivity index (χ4n) is 1.53. The van der Waals surface area contributed by atoms with E-state index >= 15 is 0 Å². The molecule has 0 unspecified atom stereocenters. The molecule has 0 radical (unpaired) electrons. The molecule has 0 bridgehead atoms. The van der Waals surface area contributed by atoms with Gasteiger partial charge in [-0.25, -0.2) is 0 Å². The molecule has 2 rings (SSSR count). The summed E-state index contributed by atoms with van der Waals surface area (Å²) in [5, 5.41) is -0.505. The van der Waals surface area contributed by atoms with E-state index in [1.54, 1.807) is 12.1 Å². The fraction of sp³-hybridized carbons (Fsp3) is 0.0769. The van der Waals surface area contributed by atoms with Gasteiger partial charge in [0.05, 0.1) is 10.6 Å². The largest absolute Gasteiger partial charge is 0.417 e. The Morgan fingerprint density at radius 3 is 2.42 bits per heavy atom. The van der Waals surface area contributed by atoms with Crippen LogP contribution in [0.5, 0.6) is 0 Å². The first-order valence-electron chi connectivity index (χ1n) is 5.22. The number of pyridine rings is 1. The summed E-state index contributed by atoms with van der Waals surface area (Å²) in [5.74, 6) is -0.476. The van der Waals surface area contributed by atoms with Gasteiger partial charge in [-0.15, -0.1) is 0 Å². The number of rotatable bonds is 2. The van der Waals surface area contributed by atoms with E-state index in [0.29, 0.717) is 0 Å². The third-order valence-electron chi connectivity index (χ3n) is 2.43. The zero-order chi connectivity index (χ0) is 14.0. The molecule has 19 heavy (non-hydrogen) atoms. The Morgan fingerprint density at radius 1 is 1.16 bits per heavy atom. The molecule has 0 saturated heterocycles. The lowest BCUT2D eigenvalue weighted by atomic mass is 10.1. The van der Waals surface area contributed by atoms with Crippen LogP contribution in [0.4, 0.5) is 13.2 Å². The third-order valence-corrected chi connectivity index (χ3v) is 2.75. The Labute approximate surface area is 111 Å². The standard InChI is InChI=1S/C13H7ClF3NO/c14-10-7-8(4-5-9(10)13(15,16)17)12(19)11-3-1-2-6-18-11/h1-7H. The van der Waals surface area contributed by atoms with Gasteiger partial charge in [0, 0.05) is 11.8 Å². The predicted molar refractivity (Wildman–Crippen MR) is 64.1 cm³/mol. The zero-order valence-corrected chi connectivity index (χ0v) is 10.2. The van der Waals surface area contributed by atoms with E-state index < -0.39 is 22.5 Å². The van der Waals surface area contributed by atoms with Crippen LogP contribution in [0.2, 0.25) is 5.02 Å². The van der Waals surface area contributed by atoms with Crippen molar-refractivity contribution in [2.24, 2.45) is 0 Å². The van der Waals surface area contributed by atoms with Gasteiger partial charge in [-0.3, -0.25) is 9.78 Å². The summed E-state index contributed by atoms with van der Waals surface area (Å²) >= 11 is 5.55. The van der Waals surface area contributed by atoms with Gasteiger partial charge in [0.15, 0.2) is 0 Å². The Kier molecular flexibility index (Phi) is 3.57. The molecule has 0 amide bonds. The lowest BCUT2D eigenvalue weighted by molar-refractivity contribution is -0.137. The Morgan fingerprint density at radius 2 is 1.89 bits per heavy atom. The first-order chi connectivity index (χ1) is 8.89. The van der Waals surface area contributed by atoms with E-state index in [1.165, 1.54) is 12.3 Å². The smallest absolute Gasteiger partial charge is 0.287 e. The van der Waals surface area contributed by atoms with Crippen molar-refractivity contribution in [2.75, 3.05) is 0 Å². The quantitative estimate of drug-likeness (QED) is 0.781. The number of alkyl halides is 3. The second-order valence-corrected chi connectivity index (χ2v) is 4.14. The highest BCUT2D eigenvalue weighted by Gasteiger charge is 2.33. The first kappa shape index (κ1) is 13.5. The van der Waals surface area contributed by atoms with Crippen molar-refractivity contribution >= 4 is 17.4 Å². The van der Waals surface area contributed by atoms with Crippen molar-refractivity contribution in [3.05, 3.63) is 64.4 Å². The zero-order valence-electron chi connectivity index (χ0n) is 9.41. The summed E-state index contributed by atoms with van der Waals surface area (Å²) in [7, 11) is 0. The lowest BCUT2D eigenvalue weighted by Gasteiger charge is -2.09. The van der Waals surface area contributed by atoms with Gasteiger partial charge in [0.1, 0.15) is 5.69 Å². The number of ketones is 1. The number of hydrogen-bond donors (Lipinski definition) is 0. The van der Waals surface area contributed by atoms with Gasteiger partial charge in [0.25, 0.3) is 0 Å². The average Bonchev–Trinajstić information content (AvgIpc) is 2.37. The van der Waals surface area contributed by atoms with Gasteiger partial charge in [-0.05, 0) is 24.3 Å². The molecular weight excluding hydrogens is 279 g/mol. The molecule has 0 saturated carbocycles. The molecule has 0 N–H and O–H groups in total. The van der Waals surface area contributed by atoms with Crippen LogP contribution in [0.1, 0.15) is 21.6 Å². The average molecular weight is 286 g/mol. The number of hydrogen-bond acceptors (Lipinski definition) is 2. The molecular formula is C13H7ClF3NO. The molecule has 0 spiro atoms. The van der Waals surface area contributed by atoms with Crippen molar-refractivity contribution in [3.63, 3.8) is 0 Å². The maximum Gasteiger partial charge on any atom is 0.417 e. The van der Waals surface area contributed by atoms with Crippen molar-refractivity contribution in [1.82, 2.24) is 4.98 Å². The van der Waals surface area contributed by atoms with E-state index in [0.717, 1.165) is 18.2 Å². The van der Waals surface area contributed by atoms with Crippen LogP contribution in [0.25, 0.3) is 0 Å². The topological polar surface area (TPSA) is 30.0 Å². The molecule has 0 atom stereocenters. The highest BCUT2D eigenvalue weighted by atomic mass is 35.5. The summed E-state index contributed by atoms with van der Waals surface area (Å²) in [6.07, 6.45) is -3.11. The molecule has 0 fully saturated rings. The van der Waals surface area contributed by atoms with Gasteiger partial charge >= 0.3 is 6.18 Å². The molecule has 0 aliphatic heterocycles. The van der Waals surface area contributed by atoms with Gasteiger partial charge in [-0.1, -0.05) is 23.7 Å². The van der Waals surface area contributed by atoms with Crippen LogP contribution < -0.4 is 0 Å². The third kappa shape index (κ3) is 2.93. The SMILES string of the molecule is O=C(c1ccc(C(F)(F)F)c(Cl)c1)c1ccccn1. The van der Waals surface area contributed by atoms with Crippen LogP contribution in [0, 0.1) is 0 Å². The van der Waals surface area contributed by atoms with Gasteiger partial charge < -0.3 is 0 Å². The van der Waals surface area contributed by atoms with Gasteiger partial charge in [0.2, 0.25) is 5.78 Å². The summed E-state index contributed by atoms with van der Waals surface area (Å²) in [6.45, 7) is 0. The summed E-state index contributed by atoms with van der Waals surface area (Å²) in [6, 6.07) is 7.61. The Hall–Kier alpha value is -1.88. The normalized spacial score (nSPS) is 11.4. The van der Waals surface area contributed by atoms with Crippen molar-refractivity contribution in [2.45, 2.75) is 6.18 Å². The predicted octanol–water partition coefficient (Wildman–Crippen LogP) is 3.98. The second kappa shape index (κ2) is 5.01. The number of carbonyl (C=O) groups excluding carboxylic acids is 1. The number of nitrogens with zero attached hydrogens (tertiary/aromatic N) is 1. The molecule has 1 heterocycles. The second-order valence-electron chi connectivity index (χ2n) is 3.74. The van der Waals surface area contributed by atoms with Crippen LogP contribution in [-0.4, -0.2) is 10.8 Å². The monoisotopic (exact) mass is 285 g/mol. The van der Waals surface area contributed by atoms with E-state index in [2.05, 4.69) is 4.98 Å². The number of carbonyl (C=O) groups is 1. The minimum atomic E-state index is -4.54. The molecule has 2 aromatic rings. The maximum absolute atomic E-state index is 12.5. The number of halogens is 4. The van der Waals surface area contributed by atoms with Crippen LogP contribution in [0.15, 0.2) is 42.6 Å². The van der Waals surface area contributed by atoms with Crippen molar-refractivity contribution < 1.29 is 18.0 Å².